The first-order valence-corrected chi connectivity index (χ1v) is 7.28. The molecule has 1 fully saturated rings. The normalized spacial score (nSPS) is 14.5. The molecule has 2 aromatic rings. The molecule has 5 nitrogen and oxygen atoms in total. The van der Waals surface area contributed by atoms with Gasteiger partial charge in [-0.2, -0.15) is 0 Å². The Hall–Kier alpha value is -2.53. The highest BCUT2D eigenvalue weighted by molar-refractivity contribution is 5.87. The lowest BCUT2D eigenvalue weighted by Crippen LogP contribution is -2.36. The van der Waals surface area contributed by atoms with Crippen LogP contribution in [-0.2, 0) is 4.74 Å². The van der Waals surface area contributed by atoms with Crippen molar-refractivity contribution in [2.75, 3.05) is 36.5 Å². The summed E-state index contributed by atoms with van der Waals surface area (Å²) >= 11 is 0. The number of morpholine rings is 1. The molecule has 2 aromatic carbocycles. The van der Waals surface area contributed by atoms with Crippen LogP contribution in [0.15, 0.2) is 54.6 Å². The average Bonchev–Trinajstić information content (AvgIpc) is 2.57. The van der Waals surface area contributed by atoms with Gasteiger partial charge in [0.05, 0.1) is 13.2 Å². The topological polar surface area (TPSA) is 50.8 Å². The number of hydrogen-bond acceptors (Lipinski definition) is 4. The van der Waals surface area contributed by atoms with E-state index in [1.165, 1.54) is 0 Å². The Kier molecular flexibility index (Phi) is 4.56. The third kappa shape index (κ3) is 3.77. The first-order valence-electron chi connectivity index (χ1n) is 7.28. The summed E-state index contributed by atoms with van der Waals surface area (Å²) < 4.78 is 10.6. The lowest BCUT2D eigenvalue weighted by molar-refractivity contribution is 0.122. The third-order valence-corrected chi connectivity index (χ3v) is 3.42. The maximum Gasteiger partial charge on any atom is 0.417 e. The van der Waals surface area contributed by atoms with E-state index in [1.54, 1.807) is 12.1 Å². The number of ether oxygens (including phenoxy) is 2. The van der Waals surface area contributed by atoms with Crippen molar-refractivity contribution >= 4 is 17.5 Å². The number of rotatable bonds is 3. The van der Waals surface area contributed by atoms with Crippen LogP contribution in [-0.4, -0.2) is 32.4 Å². The Balaban J connectivity index is 1.63. The highest BCUT2D eigenvalue weighted by atomic mass is 16.6. The lowest BCUT2D eigenvalue weighted by atomic mass is 10.2. The number of carbonyl (C=O) groups is 1. The minimum atomic E-state index is -0.495. The maximum atomic E-state index is 11.9. The number of carbonyl (C=O) groups excluding carboxylic acids is 1. The largest absolute Gasteiger partial charge is 0.417 e. The molecule has 0 atom stereocenters. The van der Waals surface area contributed by atoms with Crippen molar-refractivity contribution in [2.24, 2.45) is 0 Å². The Bertz CT molecular complexity index is 625. The van der Waals surface area contributed by atoms with Gasteiger partial charge in [0.2, 0.25) is 0 Å². The van der Waals surface area contributed by atoms with Crippen molar-refractivity contribution in [3.63, 3.8) is 0 Å². The molecule has 1 N–H and O–H groups in total. The van der Waals surface area contributed by atoms with E-state index in [1.807, 2.05) is 42.5 Å². The van der Waals surface area contributed by atoms with Crippen molar-refractivity contribution < 1.29 is 14.3 Å². The molecule has 1 saturated heterocycles. The van der Waals surface area contributed by atoms with Gasteiger partial charge in [0.1, 0.15) is 5.75 Å². The molecule has 1 aliphatic rings. The SMILES string of the molecule is O=C(Nc1cccc(N2CCOCC2)c1)Oc1ccccc1. The molecule has 0 aromatic heterocycles. The summed E-state index contributed by atoms with van der Waals surface area (Å²) in [4.78, 5) is 14.1. The van der Waals surface area contributed by atoms with E-state index < -0.39 is 6.09 Å². The summed E-state index contributed by atoms with van der Waals surface area (Å²) in [5, 5.41) is 2.75. The molecule has 3 rings (SSSR count). The van der Waals surface area contributed by atoms with Crippen LogP contribution in [0.5, 0.6) is 5.75 Å². The Labute approximate surface area is 129 Å². The molecule has 0 unspecified atom stereocenters. The van der Waals surface area contributed by atoms with Gasteiger partial charge in [-0.15, -0.1) is 0 Å². The van der Waals surface area contributed by atoms with Crippen LogP contribution in [0.1, 0.15) is 0 Å². The number of nitrogens with one attached hydrogen (secondary N) is 1. The van der Waals surface area contributed by atoms with E-state index in [2.05, 4.69) is 10.2 Å². The molecule has 1 heterocycles. The maximum absolute atomic E-state index is 11.9. The van der Waals surface area contributed by atoms with Crippen LogP contribution in [0.25, 0.3) is 0 Å². The summed E-state index contributed by atoms with van der Waals surface area (Å²) in [6, 6.07) is 16.7. The molecule has 0 spiro atoms. The quantitative estimate of drug-likeness (QED) is 0.946. The standard InChI is InChI=1S/C17H18N2O3/c20-17(22-16-7-2-1-3-8-16)18-14-5-4-6-15(13-14)19-9-11-21-12-10-19/h1-8,13H,9-12H2,(H,18,20). The predicted octanol–water partition coefficient (Wildman–Crippen LogP) is 3.13. The van der Waals surface area contributed by atoms with Gasteiger partial charge >= 0.3 is 6.09 Å². The molecule has 114 valence electrons. The number of para-hydroxylation sites is 1. The summed E-state index contributed by atoms with van der Waals surface area (Å²) in [6.45, 7) is 3.18. The molecule has 22 heavy (non-hydrogen) atoms. The first-order chi connectivity index (χ1) is 10.8. The summed E-state index contributed by atoms with van der Waals surface area (Å²) in [5.41, 5.74) is 1.78. The summed E-state index contributed by atoms with van der Waals surface area (Å²) in [7, 11) is 0. The fraction of sp³-hybridized carbons (Fsp3) is 0.235. The fourth-order valence-electron chi connectivity index (χ4n) is 2.34. The zero-order valence-corrected chi connectivity index (χ0v) is 12.2. The van der Waals surface area contributed by atoms with Crippen LogP contribution >= 0.6 is 0 Å². The van der Waals surface area contributed by atoms with Gasteiger partial charge in [-0.05, 0) is 30.3 Å². The van der Waals surface area contributed by atoms with Gasteiger partial charge < -0.3 is 14.4 Å². The van der Waals surface area contributed by atoms with Crippen LogP contribution in [0.3, 0.4) is 0 Å². The van der Waals surface area contributed by atoms with Crippen molar-refractivity contribution in [3.8, 4) is 5.75 Å². The van der Waals surface area contributed by atoms with E-state index in [0.717, 1.165) is 32.0 Å². The molecule has 0 radical (unpaired) electrons. The second kappa shape index (κ2) is 6.95. The van der Waals surface area contributed by atoms with E-state index in [-0.39, 0.29) is 0 Å². The highest BCUT2D eigenvalue weighted by Crippen LogP contribution is 2.21. The van der Waals surface area contributed by atoms with Gasteiger partial charge in [-0.1, -0.05) is 24.3 Å². The molecule has 5 heteroatoms. The van der Waals surface area contributed by atoms with Crippen molar-refractivity contribution in [1.29, 1.82) is 0 Å². The Morgan fingerprint density at radius 2 is 1.82 bits per heavy atom. The molecule has 0 aliphatic carbocycles. The minimum absolute atomic E-state index is 0.495. The molecule has 0 saturated carbocycles. The number of nitrogens with zero attached hydrogens (tertiary/aromatic N) is 1. The Morgan fingerprint density at radius 1 is 1.05 bits per heavy atom. The van der Waals surface area contributed by atoms with Gasteiger partial charge in [0.25, 0.3) is 0 Å². The van der Waals surface area contributed by atoms with Gasteiger partial charge in [-0.3, -0.25) is 5.32 Å². The van der Waals surface area contributed by atoms with E-state index >= 15 is 0 Å². The van der Waals surface area contributed by atoms with Crippen LogP contribution in [0.4, 0.5) is 16.2 Å². The fourth-order valence-corrected chi connectivity index (χ4v) is 2.34. The summed E-state index contributed by atoms with van der Waals surface area (Å²) in [6.07, 6.45) is -0.495. The van der Waals surface area contributed by atoms with Crippen LogP contribution < -0.4 is 15.0 Å². The van der Waals surface area contributed by atoms with Gasteiger partial charge in [0, 0.05) is 24.5 Å². The van der Waals surface area contributed by atoms with Crippen LogP contribution in [0, 0.1) is 0 Å². The molecule has 0 bridgehead atoms. The van der Waals surface area contributed by atoms with Gasteiger partial charge in [-0.25, -0.2) is 4.79 Å². The van der Waals surface area contributed by atoms with E-state index in [9.17, 15) is 4.79 Å². The van der Waals surface area contributed by atoms with Crippen molar-refractivity contribution in [2.45, 2.75) is 0 Å². The molecule has 1 amide bonds. The smallest absolute Gasteiger partial charge is 0.410 e. The first kappa shape index (κ1) is 14.4. The molecular formula is C17H18N2O3. The monoisotopic (exact) mass is 298 g/mol. The number of hydrogen-bond donors (Lipinski definition) is 1. The number of anilines is 2. The zero-order chi connectivity index (χ0) is 15.2. The van der Waals surface area contributed by atoms with Crippen molar-refractivity contribution in [3.05, 3.63) is 54.6 Å². The molecule has 1 aliphatic heterocycles. The highest BCUT2D eigenvalue weighted by Gasteiger charge is 2.12. The molecular weight excluding hydrogens is 280 g/mol. The van der Waals surface area contributed by atoms with Crippen molar-refractivity contribution in [1.82, 2.24) is 0 Å². The number of amides is 1. The van der Waals surface area contributed by atoms with Crippen LogP contribution in [0.2, 0.25) is 0 Å². The summed E-state index contributed by atoms with van der Waals surface area (Å²) in [5.74, 6) is 0.518. The average molecular weight is 298 g/mol. The Morgan fingerprint density at radius 3 is 2.59 bits per heavy atom. The minimum Gasteiger partial charge on any atom is -0.410 e. The predicted molar refractivity (Wildman–Crippen MR) is 85.6 cm³/mol. The zero-order valence-electron chi connectivity index (χ0n) is 12.2. The number of benzene rings is 2. The second-order valence-corrected chi connectivity index (χ2v) is 4.98. The third-order valence-electron chi connectivity index (χ3n) is 3.42. The van der Waals surface area contributed by atoms with E-state index in [4.69, 9.17) is 9.47 Å². The second-order valence-electron chi connectivity index (χ2n) is 4.98. The van der Waals surface area contributed by atoms with E-state index in [0.29, 0.717) is 11.4 Å². The van der Waals surface area contributed by atoms with Gasteiger partial charge in [0.15, 0.2) is 0 Å². The lowest BCUT2D eigenvalue weighted by Gasteiger charge is -2.29.